The number of carbonyl (C=O) groups is 1. The van der Waals surface area contributed by atoms with Crippen molar-refractivity contribution in [2.75, 3.05) is 26.2 Å². The molecule has 0 atom stereocenters. The molecule has 0 spiro atoms. The average Bonchev–Trinajstić information content (AvgIpc) is 3.13. The van der Waals surface area contributed by atoms with Gasteiger partial charge in [-0.1, -0.05) is 43.2 Å². The van der Waals surface area contributed by atoms with E-state index in [2.05, 4.69) is 42.3 Å². The number of carbonyl (C=O) groups excluding carboxylic acids is 1. The third kappa shape index (κ3) is 5.58. The second-order valence-corrected chi connectivity index (χ2v) is 9.65. The molecule has 2 aromatic rings. The molecule has 0 saturated carbocycles. The molecule has 4 rings (SSSR count). The fraction of sp³-hybridized carbons (Fsp3) is 0.462. The van der Waals surface area contributed by atoms with E-state index >= 15 is 0 Å². The van der Waals surface area contributed by atoms with Crippen molar-refractivity contribution in [2.45, 2.75) is 62.2 Å². The highest BCUT2D eigenvalue weighted by Gasteiger charge is 2.18. The Hall–Kier alpha value is -2.11. The first-order chi connectivity index (χ1) is 15.1. The predicted molar refractivity (Wildman–Crippen MR) is 130 cm³/mol. The summed E-state index contributed by atoms with van der Waals surface area (Å²) in [5.74, 6) is -0.00507. The van der Waals surface area contributed by atoms with Crippen LogP contribution in [0, 0.1) is 6.92 Å². The largest absolute Gasteiger partial charge is 0.352 e. The number of likely N-dealkylation sites (tertiary alicyclic amines) is 1. The number of nitrogens with zero attached hydrogens (tertiary/aromatic N) is 2. The van der Waals surface area contributed by atoms with E-state index in [1.165, 1.54) is 54.8 Å². The lowest BCUT2D eigenvalue weighted by Gasteiger charge is -2.19. The highest BCUT2D eigenvalue weighted by atomic mass is 32.2. The molecule has 5 heteroatoms. The molecule has 4 nitrogen and oxygen atoms in total. The molecule has 0 bridgehead atoms. The molecule has 1 saturated heterocycles. The molecule has 2 heterocycles. The molecule has 0 unspecified atom stereocenters. The maximum atomic E-state index is 12.8. The standard InChI is InChI=1S/C26H33N3OS/c1-3-22-21-17-19(2)9-11-24(21)31-25-12-10-20(18-23(25)28-22)26(30)27-13-8-16-29-14-6-4-5-7-15-29/h9-12,17-18H,3-8,13-16H2,1-2H3,(H,27,30). The number of aryl methyl sites for hydroxylation is 1. The van der Waals surface area contributed by atoms with Crippen molar-refractivity contribution in [2.24, 2.45) is 4.99 Å². The van der Waals surface area contributed by atoms with E-state index in [-0.39, 0.29) is 5.91 Å². The average molecular weight is 436 g/mol. The van der Waals surface area contributed by atoms with Gasteiger partial charge in [0.05, 0.1) is 5.69 Å². The zero-order chi connectivity index (χ0) is 21.6. The minimum Gasteiger partial charge on any atom is -0.352 e. The van der Waals surface area contributed by atoms with Crippen LogP contribution in [0.3, 0.4) is 0 Å². The van der Waals surface area contributed by atoms with E-state index in [1.54, 1.807) is 11.8 Å². The fourth-order valence-corrected chi connectivity index (χ4v) is 5.36. The predicted octanol–water partition coefficient (Wildman–Crippen LogP) is 5.99. The SMILES string of the molecule is CCC1=Nc2cc(C(=O)NCCCN3CCCCCC3)ccc2Sc2ccc(C)cc21. The number of hydrogen-bond donors (Lipinski definition) is 1. The summed E-state index contributed by atoms with van der Waals surface area (Å²) in [6.07, 6.45) is 7.20. The molecule has 0 aliphatic carbocycles. The molecule has 2 aliphatic heterocycles. The van der Waals surface area contributed by atoms with Gasteiger partial charge in [-0.2, -0.15) is 0 Å². The molecular weight excluding hydrogens is 402 g/mol. The van der Waals surface area contributed by atoms with Crippen LogP contribution in [-0.4, -0.2) is 42.7 Å². The van der Waals surface area contributed by atoms with Gasteiger partial charge in [0, 0.05) is 33.2 Å². The van der Waals surface area contributed by atoms with Crippen molar-refractivity contribution in [3.63, 3.8) is 0 Å². The highest BCUT2D eigenvalue weighted by Crippen LogP contribution is 2.41. The number of fused-ring (bicyclic) bond motifs is 2. The Kier molecular flexibility index (Phi) is 7.46. The van der Waals surface area contributed by atoms with Crippen LogP contribution >= 0.6 is 11.8 Å². The van der Waals surface area contributed by atoms with Crippen molar-refractivity contribution in [1.82, 2.24) is 10.2 Å². The van der Waals surface area contributed by atoms with Gasteiger partial charge in [-0.05, 0) is 82.6 Å². The molecule has 0 aromatic heterocycles. The molecular formula is C26H33N3OS. The number of nitrogens with one attached hydrogen (secondary N) is 1. The second-order valence-electron chi connectivity index (χ2n) is 8.56. The number of hydrogen-bond acceptors (Lipinski definition) is 4. The molecule has 0 radical (unpaired) electrons. The molecule has 1 N–H and O–H groups in total. The van der Waals surface area contributed by atoms with Crippen LogP contribution in [0.4, 0.5) is 5.69 Å². The van der Waals surface area contributed by atoms with E-state index in [0.717, 1.165) is 42.2 Å². The first-order valence-electron chi connectivity index (χ1n) is 11.6. The fourth-order valence-electron chi connectivity index (χ4n) is 4.35. The van der Waals surface area contributed by atoms with Crippen LogP contribution in [-0.2, 0) is 0 Å². The summed E-state index contributed by atoms with van der Waals surface area (Å²) in [5, 5.41) is 3.11. The minimum atomic E-state index is -0.00507. The monoisotopic (exact) mass is 435 g/mol. The molecule has 31 heavy (non-hydrogen) atoms. The van der Waals surface area contributed by atoms with Crippen LogP contribution in [0.5, 0.6) is 0 Å². The normalized spacial score (nSPS) is 16.5. The van der Waals surface area contributed by atoms with E-state index in [0.29, 0.717) is 5.56 Å². The minimum absolute atomic E-state index is 0.00507. The summed E-state index contributed by atoms with van der Waals surface area (Å²) in [6.45, 7) is 8.46. The summed E-state index contributed by atoms with van der Waals surface area (Å²) >= 11 is 1.74. The van der Waals surface area contributed by atoms with Crippen LogP contribution in [0.15, 0.2) is 51.2 Å². The number of benzene rings is 2. The van der Waals surface area contributed by atoms with Crippen LogP contribution in [0.1, 0.15) is 66.9 Å². The lowest BCUT2D eigenvalue weighted by molar-refractivity contribution is 0.0951. The van der Waals surface area contributed by atoms with Gasteiger partial charge in [-0.15, -0.1) is 0 Å². The quantitative estimate of drug-likeness (QED) is 0.567. The Bertz CT molecular complexity index is 961. The van der Waals surface area contributed by atoms with Gasteiger partial charge in [0.1, 0.15) is 0 Å². The summed E-state index contributed by atoms with van der Waals surface area (Å²) in [4.78, 5) is 22.6. The summed E-state index contributed by atoms with van der Waals surface area (Å²) in [6, 6.07) is 12.5. The number of aliphatic imine (C=N–C) groups is 1. The van der Waals surface area contributed by atoms with Crippen molar-refractivity contribution < 1.29 is 4.79 Å². The molecule has 2 aliphatic rings. The van der Waals surface area contributed by atoms with Crippen molar-refractivity contribution in [1.29, 1.82) is 0 Å². The van der Waals surface area contributed by atoms with Gasteiger partial charge in [0.2, 0.25) is 0 Å². The Morgan fingerprint density at radius 1 is 1.06 bits per heavy atom. The third-order valence-electron chi connectivity index (χ3n) is 6.11. The first kappa shape index (κ1) is 22.1. The van der Waals surface area contributed by atoms with Gasteiger partial charge >= 0.3 is 0 Å². The summed E-state index contributed by atoms with van der Waals surface area (Å²) < 4.78 is 0. The lowest BCUT2D eigenvalue weighted by atomic mass is 10.0. The summed E-state index contributed by atoms with van der Waals surface area (Å²) in [5.41, 5.74) is 5.12. The Labute approximate surface area is 190 Å². The van der Waals surface area contributed by atoms with Crippen molar-refractivity contribution in [3.05, 3.63) is 53.1 Å². The zero-order valence-electron chi connectivity index (χ0n) is 18.7. The van der Waals surface area contributed by atoms with E-state index in [1.807, 2.05) is 18.2 Å². The second kappa shape index (κ2) is 10.5. The molecule has 1 fully saturated rings. The zero-order valence-corrected chi connectivity index (χ0v) is 19.6. The van der Waals surface area contributed by atoms with Gasteiger partial charge < -0.3 is 10.2 Å². The maximum Gasteiger partial charge on any atom is 0.251 e. The first-order valence-corrected chi connectivity index (χ1v) is 12.5. The smallest absolute Gasteiger partial charge is 0.251 e. The van der Waals surface area contributed by atoms with Crippen LogP contribution < -0.4 is 5.32 Å². The third-order valence-corrected chi connectivity index (χ3v) is 7.25. The Morgan fingerprint density at radius 3 is 2.61 bits per heavy atom. The molecule has 1 amide bonds. The van der Waals surface area contributed by atoms with E-state index in [4.69, 9.17) is 4.99 Å². The van der Waals surface area contributed by atoms with Crippen LogP contribution in [0.2, 0.25) is 0 Å². The van der Waals surface area contributed by atoms with Crippen LogP contribution in [0.25, 0.3) is 0 Å². The van der Waals surface area contributed by atoms with Gasteiger partial charge in [0.15, 0.2) is 0 Å². The summed E-state index contributed by atoms with van der Waals surface area (Å²) in [7, 11) is 0. The maximum absolute atomic E-state index is 12.8. The Balaban J connectivity index is 1.41. The van der Waals surface area contributed by atoms with Gasteiger partial charge in [0.25, 0.3) is 5.91 Å². The molecule has 2 aromatic carbocycles. The highest BCUT2D eigenvalue weighted by molar-refractivity contribution is 7.99. The van der Waals surface area contributed by atoms with Gasteiger partial charge in [-0.25, -0.2) is 0 Å². The number of rotatable bonds is 6. The lowest BCUT2D eigenvalue weighted by Crippen LogP contribution is -2.30. The topological polar surface area (TPSA) is 44.7 Å². The Morgan fingerprint density at radius 2 is 1.84 bits per heavy atom. The van der Waals surface area contributed by atoms with E-state index < -0.39 is 0 Å². The molecule has 164 valence electrons. The number of amides is 1. The van der Waals surface area contributed by atoms with Crippen molar-refractivity contribution >= 4 is 29.1 Å². The van der Waals surface area contributed by atoms with Crippen molar-refractivity contribution in [3.8, 4) is 0 Å². The van der Waals surface area contributed by atoms with E-state index in [9.17, 15) is 4.79 Å². The van der Waals surface area contributed by atoms with Gasteiger partial charge in [-0.3, -0.25) is 9.79 Å².